The number of nitrogens with zero attached hydrogens (tertiary/aromatic N) is 1. The maximum atomic E-state index is 12.9. The highest BCUT2D eigenvalue weighted by Gasteiger charge is 2.35. The van der Waals surface area contributed by atoms with Gasteiger partial charge in [-0.05, 0) is 36.5 Å². The van der Waals surface area contributed by atoms with Crippen LogP contribution in [0, 0.1) is 5.41 Å². The summed E-state index contributed by atoms with van der Waals surface area (Å²) < 4.78 is 38.8. The standard InChI is InChI=1S/C16H23F3N2/c1-3-15(4-2)7-9-21(10-8-15)12-5-6-14(20)13(11-12)16(17,18)19/h5-6,11H,3-4,7-10,20H2,1-2H3. The third-order valence-electron chi connectivity index (χ3n) is 5.03. The number of alkyl halides is 3. The van der Waals surface area contributed by atoms with Gasteiger partial charge in [-0.3, -0.25) is 0 Å². The van der Waals surface area contributed by atoms with Crippen molar-refractivity contribution in [2.45, 2.75) is 45.7 Å². The van der Waals surface area contributed by atoms with Crippen LogP contribution in [0.5, 0.6) is 0 Å². The summed E-state index contributed by atoms with van der Waals surface area (Å²) in [7, 11) is 0. The Bertz CT molecular complexity index is 483. The first kappa shape index (κ1) is 16.0. The molecule has 0 aliphatic carbocycles. The topological polar surface area (TPSA) is 29.3 Å². The van der Waals surface area contributed by atoms with E-state index in [1.54, 1.807) is 6.07 Å². The van der Waals surface area contributed by atoms with Gasteiger partial charge in [0.25, 0.3) is 0 Å². The van der Waals surface area contributed by atoms with E-state index in [1.807, 2.05) is 4.90 Å². The van der Waals surface area contributed by atoms with E-state index in [2.05, 4.69) is 13.8 Å². The molecule has 0 amide bonds. The van der Waals surface area contributed by atoms with Gasteiger partial charge >= 0.3 is 6.18 Å². The van der Waals surface area contributed by atoms with Gasteiger partial charge in [0.05, 0.1) is 5.56 Å². The minimum atomic E-state index is -4.40. The van der Waals surface area contributed by atoms with Crippen molar-refractivity contribution < 1.29 is 13.2 Å². The Morgan fingerprint density at radius 1 is 1.14 bits per heavy atom. The van der Waals surface area contributed by atoms with Gasteiger partial charge < -0.3 is 10.6 Å². The number of rotatable bonds is 3. The van der Waals surface area contributed by atoms with Crippen LogP contribution in [0.4, 0.5) is 24.5 Å². The van der Waals surface area contributed by atoms with Gasteiger partial charge in [-0.15, -0.1) is 0 Å². The van der Waals surface area contributed by atoms with Crippen LogP contribution in [0.3, 0.4) is 0 Å². The van der Waals surface area contributed by atoms with Gasteiger partial charge in [-0.2, -0.15) is 13.2 Å². The minimum absolute atomic E-state index is 0.209. The van der Waals surface area contributed by atoms with Crippen LogP contribution in [0.25, 0.3) is 0 Å². The quantitative estimate of drug-likeness (QED) is 0.820. The fraction of sp³-hybridized carbons (Fsp3) is 0.625. The largest absolute Gasteiger partial charge is 0.418 e. The summed E-state index contributed by atoms with van der Waals surface area (Å²) in [5.41, 5.74) is 5.49. The molecule has 1 saturated heterocycles. The highest BCUT2D eigenvalue weighted by atomic mass is 19.4. The lowest BCUT2D eigenvalue weighted by Gasteiger charge is -2.42. The number of nitrogen functional groups attached to an aromatic ring is 1. The van der Waals surface area contributed by atoms with Crippen molar-refractivity contribution in [3.05, 3.63) is 23.8 Å². The molecule has 2 rings (SSSR count). The van der Waals surface area contributed by atoms with Crippen molar-refractivity contribution >= 4 is 11.4 Å². The number of hydrogen-bond acceptors (Lipinski definition) is 2. The Morgan fingerprint density at radius 3 is 2.19 bits per heavy atom. The molecule has 2 nitrogen and oxygen atoms in total. The summed E-state index contributed by atoms with van der Waals surface area (Å²) in [6.07, 6.45) is -0.0658. The first-order chi connectivity index (χ1) is 9.81. The molecular weight excluding hydrogens is 277 g/mol. The zero-order chi connectivity index (χ0) is 15.7. The third-order valence-corrected chi connectivity index (χ3v) is 5.03. The van der Waals surface area contributed by atoms with Crippen molar-refractivity contribution in [1.82, 2.24) is 0 Å². The smallest absolute Gasteiger partial charge is 0.398 e. The summed E-state index contributed by atoms with van der Waals surface area (Å²) in [6.45, 7) is 6.01. The van der Waals surface area contributed by atoms with Crippen molar-refractivity contribution in [1.29, 1.82) is 0 Å². The highest BCUT2D eigenvalue weighted by molar-refractivity contribution is 5.59. The van der Waals surface area contributed by atoms with Crippen molar-refractivity contribution in [3.8, 4) is 0 Å². The van der Waals surface area contributed by atoms with Gasteiger partial charge in [0, 0.05) is 24.5 Å². The molecule has 2 N–H and O–H groups in total. The molecule has 1 fully saturated rings. The maximum Gasteiger partial charge on any atom is 0.418 e. The normalized spacial score (nSPS) is 18.8. The van der Waals surface area contributed by atoms with Crippen LogP contribution < -0.4 is 10.6 Å². The van der Waals surface area contributed by atoms with E-state index >= 15 is 0 Å². The summed E-state index contributed by atoms with van der Waals surface area (Å²) in [5.74, 6) is 0. The van der Waals surface area contributed by atoms with E-state index in [1.165, 1.54) is 12.1 Å². The average Bonchev–Trinajstić information content (AvgIpc) is 2.47. The molecule has 21 heavy (non-hydrogen) atoms. The lowest BCUT2D eigenvalue weighted by molar-refractivity contribution is -0.136. The first-order valence-electron chi connectivity index (χ1n) is 7.53. The molecule has 1 aliphatic rings. The van der Waals surface area contributed by atoms with Gasteiger partial charge in [0.1, 0.15) is 0 Å². The Balaban J connectivity index is 2.18. The second kappa shape index (κ2) is 5.78. The number of anilines is 2. The number of hydrogen-bond donors (Lipinski definition) is 1. The lowest BCUT2D eigenvalue weighted by atomic mass is 9.74. The van der Waals surface area contributed by atoms with Crippen molar-refractivity contribution in [2.24, 2.45) is 5.41 Å². The maximum absolute atomic E-state index is 12.9. The monoisotopic (exact) mass is 300 g/mol. The van der Waals surface area contributed by atoms with Crippen LogP contribution in [-0.2, 0) is 6.18 Å². The third kappa shape index (κ3) is 3.27. The SMILES string of the molecule is CCC1(CC)CCN(c2ccc(N)c(C(F)(F)F)c2)CC1. The molecule has 0 saturated carbocycles. The molecule has 1 aliphatic heterocycles. The highest BCUT2D eigenvalue weighted by Crippen LogP contribution is 2.41. The molecule has 0 unspecified atom stereocenters. The molecule has 0 atom stereocenters. The first-order valence-corrected chi connectivity index (χ1v) is 7.53. The number of benzene rings is 1. The van der Waals surface area contributed by atoms with Crippen LogP contribution in [0.2, 0.25) is 0 Å². The number of nitrogens with two attached hydrogens (primary N) is 1. The fourth-order valence-corrected chi connectivity index (χ4v) is 3.18. The summed E-state index contributed by atoms with van der Waals surface area (Å²) >= 11 is 0. The van der Waals surface area contributed by atoms with Crippen molar-refractivity contribution in [2.75, 3.05) is 23.7 Å². The summed E-state index contributed by atoms with van der Waals surface area (Å²) in [4.78, 5) is 2.04. The molecular formula is C16H23F3N2. The second-order valence-corrected chi connectivity index (χ2v) is 5.96. The fourth-order valence-electron chi connectivity index (χ4n) is 3.18. The van der Waals surface area contributed by atoms with E-state index in [4.69, 9.17) is 5.73 Å². The van der Waals surface area contributed by atoms with Gasteiger partial charge in [0.15, 0.2) is 0 Å². The predicted molar refractivity (Wildman–Crippen MR) is 80.3 cm³/mol. The van der Waals surface area contributed by atoms with E-state index in [0.29, 0.717) is 11.1 Å². The lowest BCUT2D eigenvalue weighted by Crippen LogP contribution is -2.39. The van der Waals surface area contributed by atoms with E-state index < -0.39 is 11.7 Å². The van der Waals surface area contributed by atoms with Crippen LogP contribution in [0.15, 0.2) is 18.2 Å². The molecule has 118 valence electrons. The molecule has 5 heteroatoms. The Labute approximate surface area is 124 Å². The van der Waals surface area contributed by atoms with Gasteiger partial charge in [-0.1, -0.05) is 26.7 Å². The molecule has 0 spiro atoms. The predicted octanol–water partition coefficient (Wildman–Crippen LogP) is 4.69. The summed E-state index contributed by atoms with van der Waals surface area (Å²) in [5, 5.41) is 0. The Kier molecular flexibility index (Phi) is 4.40. The molecule has 0 aromatic heterocycles. The molecule has 1 aromatic rings. The summed E-state index contributed by atoms with van der Waals surface area (Å²) in [6, 6.07) is 4.23. The number of halogens is 3. The van der Waals surface area contributed by atoms with Gasteiger partial charge in [0.2, 0.25) is 0 Å². The second-order valence-electron chi connectivity index (χ2n) is 5.96. The minimum Gasteiger partial charge on any atom is -0.398 e. The zero-order valence-corrected chi connectivity index (χ0v) is 12.6. The Hall–Kier alpha value is -1.39. The Morgan fingerprint density at radius 2 is 1.71 bits per heavy atom. The van der Waals surface area contributed by atoms with Crippen LogP contribution in [-0.4, -0.2) is 13.1 Å². The van der Waals surface area contributed by atoms with E-state index in [-0.39, 0.29) is 5.69 Å². The van der Waals surface area contributed by atoms with Crippen LogP contribution >= 0.6 is 0 Å². The average molecular weight is 300 g/mol. The van der Waals surface area contributed by atoms with Gasteiger partial charge in [-0.25, -0.2) is 0 Å². The van der Waals surface area contributed by atoms with E-state index in [9.17, 15) is 13.2 Å². The molecule has 0 radical (unpaired) electrons. The number of piperidine rings is 1. The molecule has 1 aromatic carbocycles. The zero-order valence-electron chi connectivity index (χ0n) is 12.6. The van der Waals surface area contributed by atoms with E-state index in [0.717, 1.165) is 38.8 Å². The van der Waals surface area contributed by atoms with Crippen molar-refractivity contribution in [3.63, 3.8) is 0 Å². The molecule has 0 bridgehead atoms. The molecule has 1 heterocycles. The van der Waals surface area contributed by atoms with Crippen LogP contribution in [0.1, 0.15) is 45.1 Å².